The lowest BCUT2D eigenvalue weighted by Crippen LogP contribution is -2.20. The summed E-state index contributed by atoms with van der Waals surface area (Å²) in [5.74, 6) is 0.0680. The number of anilines is 1. The van der Waals surface area contributed by atoms with Crippen LogP contribution in [-0.2, 0) is 16.1 Å². The number of nitrogens with zero attached hydrogens (tertiary/aromatic N) is 3. The maximum Gasteiger partial charge on any atom is 0.250 e. The fourth-order valence-corrected chi connectivity index (χ4v) is 2.42. The molecule has 2 amide bonds. The van der Waals surface area contributed by atoms with Crippen molar-refractivity contribution in [1.82, 2.24) is 14.8 Å². The Kier molecular flexibility index (Phi) is 5.32. The number of carbonyl (C=O) groups is 2. The molecule has 0 unspecified atom stereocenters. The minimum Gasteiger partial charge on any atom is -0.443 e. The average molecular weight is 369 g/mol. The number of ether oxygens (including phenoxy) is 1. The highest BCUT2D eigenvalue weighted by molar-refractivity contribution is 5.98. The van der Waals surface area contributed by atoms with Gasteiger partial charge in [-0.3, -0.25) is 9.59 Å². The van der Waals surface area contributed by atoms with Crippen LogP contribution in [0.1, 0.15) is 27.6 Å². The normalized spacial score (nSPS) is 10.7. The monoisotopic (exact) mass is 369 g/mol. The van der Waals surface area contributed by atoms with Crippen molar-refractivity contribution in [2.45, 2.75) is 20.5 Å². The first-order valence-corrected chi connectivity index (χ1v) is 8.17. The van der Waals surface area contributed by atoms with Gasteiger partial charge in [0.15, 0.2) is 0 Å². The van der Waals surface area contributed by atoms with Crippen LogP contribution in [-0.4, -0.2) is 33.2 Å². The van der Waals surface area contributed by atoms with Crippen molar-refractivity contribution >= 4 is 17.5 Å². The Hall–Kier alpha value is -3.46. The molecule has 0 saturated heterocycles. The van der Waals surface area contributed by atoms with E-state index in [0.29, 0.717) is 23.0 Å². The zero-order valence-electron chi connectivity index (χ0n) is 14.9. The van der Waals surface area contributed by atoms with E-state index in [1.807, 2.05) is 6.92 Å². The van der Waals surface area contributed by atoms with E-state index in [9.17, 15) is 9.59 Å². The molecule has 3 rings (SSSR count). The van der Waals surface area contributed by atoms with Gasteiger partial charge in [0.25, 0.3) is 0 Å². The zero-order valence-corrected chi connectivity index (χ0v) is 14.9. The van der Waals surface area contributed by atoms with Gasteiger partial charge in [0.2, 0.25) is 17.7 Å². The van der Waals surface area contributed by atoms with E-state index in [-0.39, 0.29) is 18.8 Å². The van der Waals surface area contributed by atoms with Crippen LogP contribution in [0.2, 0.25) is 0 Å². The Morgan fingerprint density at radius 2 is 2.11 bits per heavy atom. The minimum absolute atomic E-state index is 0.0772. The van der Waals surface area contributed by atoms with Gasteiger partial charge in [-0.15, -0.1) is 0 Å². The quantitative estimate of drug-likeness (QED) is 0.653. The fourth-order valence-electron chi connectivity index (χ4n) is 2.42. The van der Waals surface area contributed by atoms with Gasteiger partial charge in [-0.05, 0) is 37.6 Å². The summed E-state index contributed by atoms with van der Waals surface area (Å²) in [7, 11) is 0. The van der Waals surface area contributed by atoms with E-state index in [0.717, 1.165) is 5.56 Å². The third-order valence-electron chi connectivity index (χ3n) is 3.64. The van der Waals surface area contributed by atoms with Gasteiger partial charge in [0.1, 0.15) is 19.0 Å². The highest BCUT2D eigenvalue weighted by atomic mass is 16.5. The van der Waals surface area contributed by atoms with Gasteiger partial charge in [0.05, 0.1) is 23.8 Å². The van der Waals surface area contributed by atoms with Crippen molar-refractivity contribution in [3.05, 3.63) is 59.6 Å². The molecule has 0 bridgehead atoms. The van der Waals surface area contributed by atoms with E-state index in [1.165, 1.54) is 6.07 Å². The van der Waals surface area contributed by atoms with E-state index < -0.39 is 11.8 Å². The van der Waals surface area contributed by atoms with Gasteiger partial charge >= 0.3 is 0 Å². The Balaban J connectivity index is 1.72. The molecule has 3 aromatic rings. The molecule has 0 aliphatic heterocycles. The summed E-state index contributed by atoms with van der Waals surface area (Å²) in [6.45, 7) is 3.54. The Morgan fingerprint density at radius 1 is 1.30 bits per heavy atom. The topological polar surface area (TPSA) is 125 Å². The molecule has 2 aromatic heterocycles. The third-order valence-corrected chi connectivity index (χ3v) is 3.64. The molecule has 9 nitrogen and oxygen atoms in total. The van der Waals surface area contributed by atoms with E-state index in [2.05, 4.69) is 15.4 Å². The number of primary amides is 1. The second kappa shape index (κ2) is 7.83. The maximum atomic E-state index is 12.2. The third kappa shape index (κ3) is 4.59. The van der Waals surface area contributed by atoms with Crippen molar-refractivity contribution < 1.29 is 18.7 Å². The number of nitrogens with two attached hydrogens (primary N) is 1. The molecule has 0 aliphatic rings. The highest BCUT2D eigenvalue weighted by Gasteiger charge is 2.13. The molecule has 1 aromatic carbocycles. The summed E-state index contributed by atoms with van der Waals surface area (Å²) in [4.78, 5) is 27.7. The number of rotatable bonds is 7. The number of carbonyl (C=O) groups excluding carboxylic acids is 2. The second-order valence-electron chi connectivity index (χ2n) is 5.96. The second-order valence-corrected chi connectivity index (χ2v) is 5.96. The maximum absolute atomic E-state index is 12.2. The molecular weight excluding hydrogens is 350 g/mol. The summed E-state index contributed by atoms with van der Waals surface area (Å²) in [5, 5.41) is 6.95. The Bertz CT molecular complexity index is 976. The molecule has 0 fully saturated rings. The predicted octanol–water partition coefficient (Wildman–Crippen LogP) is 1.73. The first-order valence-electron chi connectivity index (χ1n) is 8.17. The van der Waals surface area contributed by atoms with Gasteiger partial charge in [0, 0.05) is 11.8 Å². The number of nitrogens with one attached hydrogen (secondary N) is 1. The summed E-state index contributed by atoms with van der Waals surface area (Å²) in [6, 6.07) is 4.74. The number of amides is 2. The zero-order chi connectivity index (χ0) is 19.4. The van der Waals surface area contributed by atoms with Crippen molar-refractivity contribution in [2.75, 3.05) is 11.9 Å². The molecule has 9 heteroatoms. The summed E-state index contributed by atoms with van der Waals surface area (Å²) >= 11 is 0. The number of aromatic nitrogens is 3. The van der Waals surface area contributed by atoms with Crippen LogP contribution in [0.25, 0.3) is 5.69 Å². The van der Waals surface area contributed by atoms with Crippen molar-refractivity contribution in [3.63, 3.8) is 0 Å². The molecule has 27 heavy (non-hydrogen) atoms. The number of benzene rings is 1. The Morgan fingerprint density at radius 3 is 2.74 bits per heavy atom. The van der Waals surface area contributed by atoms with Crippen LogP contribution in [0.15, 0.2) is 41.2 Å². The minimum atomic E-state index is -0.593. The fraction of sp³-hybridized carbons (Fsp3) is 0.222. The van der Waals surface area contributed by atoms with Crippen LogP contribution in [0.4, 0.5) is 5.69 Å². The number of aryl methyl sites for hydroxylation is 2. The van der Waals surface area contributed by atoms with Gasteiger partial charge < -0.3 is 20.2 Å². The van der Waals surface area contributed by atoms with E-state index in [4.69, 9.17) is 14.9 Å². The largest absolute Gasteiger partial charge is 0.443 e. The van der Waals surface area contributed by atoms with Crippen LogP contribution < -0.4 is 11.1 Å². The molecule has 2 heterocycles. The standard InChI is InChI=1S/C18H19N5O4/c1-11-6-21-23(8-11)15-4-3-13(18(19)25)5-14(15)22-16(24)9-26-10-17-20-7-12(2)27-17/h3-8H,9-10H2,1-2H3,(H2,19,25)(H,22,24). The molecule has 140 valence electrons. The van der Waals surface area contributed by atoms with Crippen LogP contribution in [0, 0.1) is 13.8 Å². The lowest BCUT2D eigenvalue weighted by molar-refractivity contribution is -0.121. The lowest BCUT2D eigenvalue weighted by atomic mass is 10.1. The molecule has 0 aliphatic carbocycles. The highest BCUT2D eigenvalue weighted by Crippen LogP contribution is 2.22. The van der Waals surface area contributed by atoms with Gasteiger partial charge in [-0.2, -0.15) is 5.10 Å². The number of hydrogen-bond acceptors (Lipinski definition) is 6. The van der Waals surface area contributed by atoms with Crippen molar-refractivity contribution in [1.29, 1.82) is 0 Å². The SMILES string of the molecule is Cc1cnn(-c2ccc(C(N)=O)cc2NC(=O)COCc2ncc(C)o2)c1. The van der Waals surface area contributed by atoms with Crippen molar-refractivity contribution in [2.24, 2.45) is 5.73 Å². The van der Waals surface area contributed by atoms with Crippen LogP contribution in [0.5, 0.6) is 0 Å². The molecular formula is C18H19N5O4. The molecule has 0 atom stereocenters. The van der Waals surface area contributed by atoms with Crippen molar-refractivity contribution in [3.8, 4) is 5.69 Å². The predicted molar refractivity (Wildman–Crippen MR) is 96.3 cm³/mol. The average Bonchev–Trinajstić information content (AvgIpc) is 3.23. The summed E-state index contributed by atoms with van der Waals surface area (Å²) < 4.78 is 12.2. The molecule has 0 spiro atoms. The smallest absolute Gasteiger partial charge is 0.250 e. The summed E-state index contributed by atoms with van der Waals surface area (Å²) in [6.07, 6.45) is 5.07. The van der Waals surface area contributed by atoms with Gasteiger partial charge in [-0.1, -0.05) is 0 Å². The summed E-state index contributed by atoms with van der Waals surface area (Å²) in [5.41, 5.74) is 7.56. The number of hydrogen-bond donors (Lipinski definition) is 2. The van der Waals surface area contributed by atoms with Crippen LogP contribution >= 0.6 is 0 Å². The first kappa shape index (κ1) is 18.3. The molecule has 3 N–H and O–H groups in total. The van der Waals surface area contributed by atoms with E-state index >= 15 is 0 Å². The van der Waals surface area contributed by atoms with Crippen LogP contribution in [0.3, 0.4) is 0 Å². The first-order chi connectivity index (χ1) is 12.9. The molecule has 0 radical (unpaired) electrons. The van der Waals surface area contributed by atoms with E-state index in [1.54, 1.807) is 42.3 Å². The number of oxazole rings is 1. The lowest BCUT2D eigenvalue weighted by Gasteiger charge is -2.12. The molecule has 0 saturated carbocycles. The van der Waals surface area contributed by atoms with Gasteiger partial charge in [-0.25, -0.2) is 9.67 Å². The Labute approximate surface area is 155 Å².